The molecule has 0 radical (unpaired) electrons. The van der Waals surface area contributed by atoms with Gasteiger partial charge in [0, 0.05) is 17.7 Å². The highest BCUT2D eigenvalue weighted by Gasteiger charge is 2.10. The second kappa shape index (κ2) is 6.91. The minimum Gasteiger partial charge on any atom is -0.508 e. The molecule has 4 heteroatoms. The monoisotopic (exact) mass is 236 g/mol. The lowest BCUT2D eigenvalue weighted by molar-refractivity contribution is 0.0952. The van der Waals surface area contributed by atoms with Gasteiger partial charge in [0.25, 0.3) is 5.91 Å². The summed E-state index contributed by atoms with van der Waals surface area (Å²) in [6.45, 7) is 3.08. The third-order valence-electron chi connectivity index (χ3n) is 2.72. The Morgan fingerprint density at radius 1 is 1.35 bits per heavy atom. The molecule has 1 rings (SSSR count). The molecule has 0 fully saturated rings. The summed E-state index contributed by atoms with van der Waals surface area (Å²) >= 11 is 0. The van der Waals surface area contributed by atoms with Crippen molar-refractivity contribution in [1.29, 1.82) is 0 Å². The van der Waals surface area contributed by atoms with Gasteiger partial charge in [-0.1, -0.05) is 12.5 Å². The Hall–Kier alpha value is -1.55. The highest BCUT2D eigenvalue weighted by atomic mass is 16.3. The first-order valence-electron chi connectivity index (χ1n) is 5.93. The summed E-state index contributed by atoms with van der Waals surface area (Å²) in [5.74, 6) is 0.0203. The van der Waals surface area contributed by atoms with Crippen LogP contribution in [0.15, 0.2) is 18.2 Å². The van der Waals surface area contributed by atoms with Crippen LogP contribution < -0.4 is 11.1 Å². The van der Waals surface area contributed by atoms with E-state index >= 15 is 0 Å². The van der Waals surface area contributed by atoms with Gasteiger partial charge in [0.05, 0.1) is 0 Å². The number of aromatic hydroxyl groups is 1. The van der Waals surface area contributed by atoms with E-state index in [-0.39, 0.29) is 11.7 Å². The van der Waals surface area contributed by atoms with Gasteiger partial charge in [-0.3, -0.25) is 4.79 Å². The largest absolute Gasteiger partial charge is 0.508 e. The van der Waals surface area contributed by atoms with Crippen molar-refractivity contribution in [3.8, 4) is 5.75 Å². The topological polar surface area (TPSA) is 75.3 Å². The molecule has 4 nitrogen and oxygen atoms in total. The number of phenolic OH excluding ortho intramolecular Hbond substituents is 1. The summed E-state index contributed by atoms with van der Waals surface area (Å²) in [5.41, 5.74) is 6.53. The summed E-state index contributed by atoms with van der Waals surface area (Å²) < 4.78 is 0. The number of hydrogen-bond acceptors (Lipinski definition) is 3. The van der Waals surface area contributed by atoms with Gasteiger partial charge in [0.2, 0.25) is 0 Å². The van der Waals surface area contributed by atoms with E-state index in [9.17, 15) is 9.90 Å². The molecule has 0 spiro atoms. The lowest BCUT2D eigenvalue weighted by atomic mass is 10.1. The van der Waals surface area contributed by atoms with Gasteiger partial charge in [-0.25, -0.2) is 0 Å². The molecule has 0 aliphatic carbocycles. The third-order valence-corrected chi connectivity index (χ3v) is 2.72. The van der Waals surface area contributed by atoms with Crippen LogP contribution in [0.25, 0.3) is 0 Å². The molecule has 17 heavy (non-hydrogen) atoms. The van der Waals surface area contributed by atoms with Crippen molar-refractivity contribution in [2.45, 2.75) is 26.2 Å². The van der Waals surface area contributed by atoms with Crippen LogP contribution in [0.4, 0.5) is 0 Å². The maximum atomic E-state index is 11.8. The molecular formula is C13H20N2O2. The van der Waals surface area contributed by atoms with E-state index < -0.39 is 0 Å². The first kappa shape index (κ1) is 13.5. The average molecular weight is 236 g/mol. The lowest BCUT2D eigenvalue weighted by Gasteiger charge is -2.08. The number of phenols is 1. The van der Waals surface area contributed by atoms with E-state index in [4.69, 9.17) is 5.73 Å². The zero-order valence-corrected chi connectivity index (χ0v) is 10.2. The number of carbonyl (C=O) groups excluding carboxylic acids is 1. The zero-order chi connectivity index (χ0) is 12.7. The number of hydrogen-bond donors (Lipinski definition) is 3. The molecule has 0 heterocycles. The predicted molar refractivity (Wildman–Crippen MR) is 68.1 cm³/mol. The number of benzene rings is 1. The maximum absolute atomic E-state index is 11.8. The number of carbonyl (C=O) groups is 1. The summed E-state index contributed by atoms with van der Waals surface area (Å²) in [5, 5.41) is 12.3. The SMILES string of the molecule is Cc1c(O)cccc1C(=O)NCCCCCN. The maximum Gasteiger partial charge on any atom is 0.251 e. The third kappa shape index (κ3) is 4.07. The Kier molecular flexibility index (Phi) is 5.49. The molecular weight excluding hydrogens is 216 g/mol. The molecule has 1 aromatic carbocycles. The molecule has 0 aromatic heterocycles. The van der Waals surface area contributed by atoms with Crippen LogP contribution in [0.5, 0.6) is 5.75 Å². The molecule has 4 N–H and O–H groups in total. The van der Waals surface area contributed by atoms with Gasteiger partial charge < -0.3 is 16.2 Å². The molecule has 1 amide bonds. The van der Waals surface area contributed by atoms with E-state index in [0.717, 1.165) is 19.3 Å². The average Bonchev–Trinajstić information content (AvgIpc) is 2.32. The fourth-order valence-corrected chi connectivity index (χ4v) is 1.61. The van der Waals surface area contributed by atoms with Crippen molar-refractivity contribution in [1.82, 2.24) is 5.32 Å². The number of amides is 1. The second-order valence-corrected chi connectivity index (χ2v) is 4.05. The Balaban J connectivity index is 2.44. The highest BCUT2D eigenvalue weighted by Crippen LogP contribution is 2.19. The molecule has 94 valence electrons. The highest BCUT2D eigenvalue weighted by molar-refractivity contribution is 5.96. The normalized spacial score (nSPS) is 10.2. The number of nitrogens with two attached hydrogens (primary N) is 1. The fourth-order valence-electron chi connectivity index (χ4n) is 1.61. The van der Waals surface area contributed by atoms with Crippen LogP contribution in [0, 0.1) is 6.92 Å². The van der Waals surface area contributed by atoms with E-state index in [1.54, 1.807) is 25.1 Å². The Morgan fingerprint density at radius 2 is 2.12 bits per heavy atom. The second-order valence-electron chi connectivity index (χ2n) is 4.05. The molecule has 0 saturated carbocycles. The minimum atomic E-state index is -0.133. The van der Waals surface area contributed by atoms with E-state index in [1.807, 2.05) is 0 Å². The summed E-state index contributed by atoms with van der Waals surface area (Å²) in [7, 11) is 0. The predicted octanol–water partition coefficient (Wildman–Crippen LogP) is 1.56. The number of unbranched alkanes of at least 4 members (excludes halogenated alkanes) is 2. The van der Waals surface area contributed by atoms with Crippen LogP contribution in [-0.2, 0) is 0 Å². The van der Waals surface area contributed by atoms with Crippen LogP contribution in [0.2, 0.25) is 0 Å². The van der Waals surface area contributed by atoms with E-state index in [1.165, 1.54) is 0 Å². The summed E-state index contributed by atoms with van der Waals surface area (Å²) in [6.07, 6.45) is 2.94. The molecule has 0 aliphatic heterocycles. The van der Waals surface area contributed by atoms with Crippen molar-refractivity contribution in [2.75, 3.05) is 13.1 Å². The van der Waals surface area contributed by atoms with Crippen LogP contribution in [0.1, 0.15) is 35.2 Å². The van der Waals surface area contributed by atoms with Gasteiger partial charge in [0.1, 0.15) is 5.75 Å². The fraction of sp³-hybridized carbons (Fsp3) is 0.462. The van der Waals surface area contributed by atoms with E-state index in [0.29, 0.717) is 24.2 Å². The number of rotatable bonds is 6. The lowest BCUT2D eigenvalue weighted by Crippen LogP contribution is -2.25. The Morgan fingerprint density at radius 3 is 2.82 bits per heavy atom. The van der Waals surface area contributed by atoms with Gasteiger partial charge in [-0.05, 0) is 38.4 Å². The van der Waals surface area contributed by atoms with Crippen molar-refractivity contribution >= 4 is 5.91 Å². The molecule has 0 bridgehead atoms. The minimum absolute atomic E-state index is 0.133. The van der Waals surface area contributed by atoms with Crippen molar-refractivity contribution in [3.05, 3.63) is 29.3 Å². The molecule has 1 aromatic rings. The first-order chi connectivity index (χ1) is 8.16. The van der Waals surface area contributed by atoms with Gasteiger partial charge in [-0.15, -0.1) is 0 Å². The summed E-state index contributed by atoms with van der Waals surface area (Å²) in [4.78, 5) is 11.8. The number of nitrogens with one attached hydrogen (secondary N) is 1. The van der Waals surface area contributed by atoms with Gasteiger partial charge in [0.15, 0.2) is 0 Å². The molecule has 0 atom stereocenters. The van der Waals surface area contributed by atoms with Crippen molar-refractivity contribution in [2.24, 2.45) is 5.73 Å². The smallest absolute Gasteiger partial charge is 0.251 e. The Labute approximate surface area is 102 Å². The molecule has 0 saturated heterocycles. The van der Waals surface area contributed by atoms with Gasteiger partial charge >= 0.3 is 0 Å². The van der Waals surface area contributed by atoms with Crippen molar-refractivity contribution < 1.29 is 9.90 Å². The van der Waals surface area contributed by atoms with Gasteiger partial charge in [-0.2, -0.15) is 0 Å². The standard InChI is InChI=1S/C13H20N2O2/c1-10-11(6-5-7-12(10)16)13(17)15-9-4-2-3-8-14/h5-7,16H,2-4,8-9,14H2,1H3,(H,15,17). The Bertz CT molecular complexity index is 378. The first-order valence-corrected chi connectivity index (χ1v) is 5.93. The summed E-state index contributed by atoms with van der Waals surface area (Å²) in [6, 6.07) is 4.96. The van der Waals surface area contributed by atoms with Crippen LogP contribution in [-0.4, -0.2) is 24.1 Å². The quantitative estimate of drug-likeness (QED) is 0.656. The van der Waals surface area contributed by atoms with Crippen molar-refractivity contribution in [3.63, 3.8) is 0 Å². The van der Waals surface area contributed by atoms with Crippen LogP contribution in [0.3, 0.4) is 0 Å². The van der Waals surface area contributed by atoms with E-state index in [2.05, 4.69) is 5.32 Å². The van der Waals surface area contributed by atoms with Crippen LogP contribution >= 0.6 is 0 Å². The molecule has 0 unspecified atom stereocenters. The molecule has 0 aliphatic rings. The zero-order valence-electron chi connectivity index (χ0n) is 10.2.